The molecular weight excluding hydrogens is 274 g/mol. The molecule has 2 rings (SSSR count). The van der Waals surface area contributed by atoms with Crippen LogP contribution >= 0.6 is 0 Å². The normalized spacial score (nSPS) is 16.1. The van der Waals surface area contributed by atoms with Crippen LogP contribution in [0.3, 0.4) is 0 Å². The quantitative estimate of drug-likeness (QED) is 0.841. The smallest absolute Gasteiger partial charge is 0.319 e. The van der Waals surface area contributed by atoms with Crippen molar-refractivity contribution >= 4 is 11.7 Å². The molecular formula is C18H27N3O. The van der Waals surface area contributed by atoms with Gasteiger partial charge in [-0.25, -0.2) is 4.79 Å². The van der Waals surface area contributed by atoms with Crippen LogP contribution in [0.15, 0.2) is 35.9 Å². The summed E-state index contributed by atoms with van der Waals surface area (Å²) in [5.74, 6) is 0. The van der Waals surface area contributed by atoms with Crippen LogP contribution in [0.25, 0.3) is 0 Å². The van der Waals surface area contributed by atoms with Crippen LogP contribution in [0.4, 0.5) is 10.5 Å². The van der Waals surface area contributed by atoms with Crippen molar-refractivity contribution in [2.24, 2.45) is 0 Å². The highest BCUT2D eigenvalue weighted by Gasteiger charge is 2.18. The summed E-state index contributed by atoms with van der Waals surface area (Å²) in [7, 11) is 2.11. The maximum absolute atomic E-state index is 12.1. The minimum Gasteiger partial charge on any atom is -0.334 e. The predicted octanol–water partition coefficient (Wildman–Crippen LogP) is 3.37. The molecule has 0 aliphatic carbocycles. The number of carbonyl (C=O) groups is 1. The number of carbonyl (C=O) groups excluding carboxylic acids is 1. The van der Waals surface area contributed by atoms with Gasteiger partial charge in [0.1, 0.15) is 0 Å². The second-order valence-electron chi connectivity index (χ2n) is 6.98. The van der Waals surface area contributed by atoms with Gasteiger partial charge >= 0.3 is 6.03 Å². The maximum atomic E-state index is 12.1. The van der Waals surface area contributed by atoms with Crippen LogP contribution in [-0.4, -0.2) is 37.6 Å². The van der Waals surface area contributed by atoms with E-state index in [0.717, 1.165) is 30.8 Å². The lowest BCUT2D eigenvalue weighted by molar-refractivity contribution is 0.252. The zero-order valence-electron chi connectivity index (χ0n) is 14.1. The van der Waals surface area contributed by atoms with Crippen LogP contribution in [0, 0.1) is 0 Å². The number of nitrogens with zero attached hydrogens (tertiary/aromatic N) is 1. The Hall–Kier alpha value is -1.81. The molecule has 1 heterocycles. The monoisotopic (exact) mass is 301 g/mol. The van der Waals surface area contributed by atoms with Gasteiger partial charge in [0.25, 0.3) is 0 Å². The number of urea groups is 1. The zero-order chi connectivity index (χ0) is 16.2. The van der Waals surface area contributed by atoms with E-state index < -0.39 is 0 Å². The van der Waals surface area contributed by atoms with E-state index in [4.69, 9.17) is 0 Å². The van der Waals surface area contributed by atoms with Crippen molar-refractivity contribution in [2.75, 3.05) is 32.0 Å². The molecule has 1 aliphatic rings. The van der Waals surface area contributed by atoms with E-state index in [1.165, 1.54) is 5.57 Å². The van der Waals surface area contributed by atoms with Crippen molar-refractivity contribution < 1.29 is 4.79 Å². The lowest BCUT2D eigenvalue weighted by atomic mass is 9.86. The molecule has 0 radical (unpaired) electrons. The Morgan fingerprint density at radius 1 is 1.27 bits per heavy atom. The molecule has 4 heteroatoms. The van der Waals surface area contributed by atoms with Gasteiger partial charge in [0.05, 0.1) is 0 Å². The Labute approximate surface area is 133 Å². The molecule has 4 nitrogen and oxygen atoms in total. The van der Waals surface area contributed by atoms with Gasteiger partial charge in [-0.2, -0.15) is 0 Å². The van der Waals surface area contributed by atoms with Crippen LogP contribution in [0.5, 0.6) is 0 Å². The van der Waals surface area contributed by atoms with Crippen molar-refractivity contribution in [3.8, 4) is 0 Å². The van der Waals surface area contributed by atoms with Gasteiger partial charge in [0.2, 0.25) is 0 Å². The van der Waals surface area contributed by atoms with Crippen LogP contribution in [-0.2, 0) is 5.41 Å². The lowest BCUT2D eigenvalue weighted by Crippen LogP contribution is -2.33. The third kappa shape index (κ3) is 4.60. The van der Waals surface area contributed by atoms with Crippen molar-refractivity contribution in [1.29, 1.82) is 0 Å². The van der Waals surface area contributed by atoms with Crippen molar-refractivity contribution in [3.05, 3.63) is 41.5 Å². The molecule has 2 N–H and O–H groups in total. The van der Waals surface area contributed by atoms with Crippen molar-refractivity contribution in [3.63, 3.8) is 0 Å². The molecule has 0 saturated heterocycles. The number of amides is 2. The molecule has 0 saturated carbocycles. The number of benzene rings is 1. The molecule has 120 valence electrons. The first-order chi connectivity index (χ1) is 10.4. The number of likely N-dealkylation sites (N-methyl/N-ethyl adjacent to an activating group) is 1. The number of hydrogen-bond donors (Lipinski definition) is 2. The summed E-state index contributed by atoms with van der Waals surface area (Å²) >= 11 is 0. The molecule has 0 bridgehead atoms. The number of para-hydroxylation sites is 1. The molecule has 0 unspecified atom stereocenters. The van der Waals surface area contributed by atoms with E-state index in [9.17, 15) is 4.79 Å². The minimum absolute atomic E-state index is 0.000353. The Morgan fingerprint density at radius 3 is 2.64 bits per heavy atom. The number of hydrogen-bond acceptors (Lipinski definition) is 2. The first kappa shape index (κ1) is 16.6. The van der Waals surface area contributed by atoms with Gasteiger partial charge in [0.15, 0.2) is 0 Å². The highest BCUT2D eigenvalue weighted by molar-refractivity contribution is 5.90. The predicted molar refractivity (Wildman–Crippen MR) is 92.4 cm³/mol. The van der Waals surface area contributed by atoms with Gasteiger partial charge in [0, 0.05) is 25.3 Å². The summed E-state index contributed by atoms with van der Waals surface area (Å²) in [6, 6.07) is 7.83. The van der Waals surface area contributed by atoms with E-state index in [-0.39, 0.29) is 11.4 Å². The van der Waals surface area contributed by atoms with Crippen LogP contribution < -0.4 is 10.6 Å². The second kappa shape index (κ2) is 6.97. The van der Waals surface area contributed by atoms with Gasteiger partial charge < -0.3 is 15.5 Å². The van der Waals surface area contributed by atoms with E-state index in [1.807, 2.05) is 18.2 Å². The Bertz CT molecular complexity index is 558. The fraction of sp³-hybridized carbons (Fsp3) is 0.500. The maximum Gasteiger partial charge on any atom is 0.319 e. The van der Waals surface area contributed by atoms with Gasteiger partial charge in [-0.15, -0.1) is 0 Å². The van der Waals surface area contributed by atoms with E-state index in [1.54, 1.807) is 0 Å². The molecule has 1 aliphatic heterocycles. The summed E-state index contributed by atoms with van der Waals surface area (Å²) in [5.41, 5.74) is 3.33. The van der Waals surface area contributed by atoms with Gasteiger partial charge in [-0.1, -0.05) is 50.6 Å². The summed E-state index contributed by atoms with van der Waals surface area (Å²) < 4.78 is 0. The molecule has 2 amide bonds. The van der Waals surface area contributed by atoms with Crippen LogP contribution in [0.2, 0.25) is 0 Å². The lowest BCUT2D eigenvalue weighted by Gasteiger charge is -2.24. The number of anilines is 1. The summed E-state index contributed by atoms with van der Waals surface area (Å²) in [6.45, 7) is 9.09. The molecule has 0 aromatic heterocycles. The Balaban J connectivity index is 1.93. The first-order valence-electron chi connectivity index (χ1n) is 7.87. The third-order valence-corrected chi connectivity index (χ3v) is 3.97. The fourth-order valence-electron chi connectivity index (χ4n) is 2.58. The minimum atomic E-state index is -0.142. The topological polar surface area (TPSA) is 44.4 Å². The SMILES string of the molecule is CN1CC=C(CNC(=O)Nc2ccccc2C(C)(C)C)CC1. The molecule has 1 aromatic carbocycles. The summed E-state index contributed by atoms with van der Waals surface area (Å²) in [6.07, 6.45) is 3.22. The Morgan fingerprint density at radius 2 is 2.00 bits per heavy atom. The molecule has 1 aromatic rings. The van der Waals surface area contributed by atoms with Crippen molar-refractivity contribution in [1.82, 2.24) is 10.2 Å². The number of nitrogens with one attached hydrogen (secondary N) is 2. The van der Waals surface area contributed by atoms with E-state index in [0.29, 0.717) is 6.54 Å². The fourth-order valence-corrected chi connectivity index (χ4v) is 2.58. The zero-order valence-corrected chi connectivity index (χ0v) is 14.1. The summed E-state index contributed by atoms with van der Waals surface area (Å²) in [5, 5.41) is 5.94. The van der Waals surface area contributed by atoms with Crippen molar-refractivity contribution in [2.45, 2.75) is 32.6 Å². The van der Waals surface area contributed by atoms with E-state index in [2.05, 4.69) is 55.5 Å². The highest BCUT2D eigenvalue weighted by atomic mass is 16.2. The number of rotatable bonds is 3. The summed E-state index contributed by atoms with van der Waals surface area (Å²) in [4.78, 5) is 14.4. The molecule has 0 spiro atoms. The molecule has 22 heavy (non-hydrogen) atoms. The molecule has 0 atom stereocenters. The van der Waals surface area contributed by atoms with Crippen LogP contribution in [0.1, 0.15) is 32.8 Å². The average molecular weight is 301 g/mol. The Kier molecular flexibility index (Phi) is 5.24. The highest BCUT2D eigenvalue weighted by Crippen LogP contribution is 2.29. The molecule has 0 fully saturated rings. The standard InChI is InChI=1S/C18H27N3O/c1-18(2,3)15-7-5-6-8-16(15)20-17(22)19-13-14-9-11-21(4)12-10-14/h5-9H,10-13H2,1-4H3,(H2,19,20,22). The van der Waals surface area contributed by atoms with Gasteiger partial charge in [-0.05, 0) is 30.5 Å². The largest absolute Gasteiger partial charge is 0.334 e. The average Bonchev–Trinajstić information content (AvgIpc) is 2.46. The van der Waals surface area contributed by atoms with E-state index >= 15 is 0 Å². The second-order valence-corrected chi connectivity index (χ2v) is 6.98. The third-order valence-electron chi connectivity index (χ3n) is 3.97. The van der Waals surface area contributed by atoms with Gasteiger partial charge in [-0.3, -0.25) is 0 Å². The first-order valence-corrected chi connectivity index (χ1v) is 7.87.